The van der Waals surface area contributed by atoms with Crippen LogP contribution in [0.4, 0.5) is 0 Å². The zero-order valence-electron chi connectivity index (χ0n) is 13.0. The van der Waals surface area contributed by atoms with E-state index in [2.05, 4.69) is 40.3 Å². The summed E-state index contributed by atoms with van der Waals surface area (Å²) in [5, 5.41) is 4.22. The maximum absolute atomic E-state index is 12.8. The molecule has 1 aliphatic carbocycles. The number of Topliss-reactive ketones (excluding diaryl/α,β-unsaturated/α-hetero) is 1. The monoisotopic (exact) mass is 295 g/mol. The van der Waals surface area contributed by atoms with Crippen LogP contribution in [0.1, 0.15) is 34.5 Å². The molecule has 4 nitrogen and oxygen atoms in total. The summed E-state index contributed by atoms with van der Waals surface area (Å²) in [5.41, 5.74) is 3.18. The highest BCUT2D eigenvalue weighted by Gasteiger charge is 2.48. The van der Waals surface area contributed by atoms with E-state index in [4.69, 9.17) is 0 Å². The predicted molar refractivity (Wildman–Crippen MR) is 84.6 cm³/mol. The van der Waals surface area contributed by atoms with E-state index < -0.39 is 0 Å². The average Bonchev–Trinajstić information content (AvgIpc) is 3.03. The van der Waals surface area contributed by atoms with Crippen LogP contribution in [0, 0.1) is 5.41 Å². The summed E-state index contributed by atoms with van der Waals surface area (Å²) >= 11 is 0. The predicted octanol–water partition coefficient (Wildman–Crippen LogP) is 2.44. The summed E-state index contributed by atoms with van der Waals surface area (Å²) in [5.74, 6) is 0.329. The summed E-state index contributed by atoms with van der Waals surface area (Å²) in [4.78, 5) is 15.2. The van der Waals surface area contributed by atoms with Gasteiger partial charge in [0.15, 0.2) is 5.78 Å². The van der Waals surface area contributed by atoms with Gasteiger partial charge in [0, 0.05) is 31.1 Å². The average molecular weight is 295 g/mol. The van der Waals surface area contributed by atoms with Gasteiger partial charge in [-0.3, -0.25) is 14.4 Å². The Morgan fingerprint density at radius 1 is 1.18 bits per heavy atom. The Labute approximate surface area is 130 Å². The van der Waals surface area contributed by atoms with Crippen molar-refractivity contribution in [1.29, 1.82) is 0 Å². The van der Waals surface area contributed by atoms with Gasteiger partial charge in [0.1, 0.15) is 0 Å². The van der Waals surface area contributed by atoms with Gasteiger partial charge in [-0.1, -0.05) is 30.3 Å². The molecule has 0 saturated carbocycles. The second kappa shape index (κ2) is 5.06. The maximum Gasteiger partial charge on any atom is 0.172 e. The zero-order chi connectivity index (χ0) is 15.2. The molecule has 0 amide bonds. The number of piperidine rings is 1. The lowest BCUT2D eigenvalue weighted by molar-refractivity contribution is 0.0619. The Kier molecular flexibility index (Phi) is 3.15. The van der Waals surface area contributed by atoms with Crippen molar-refractivity contribution in [3.8, 4) is 0 Å². The fourth-order valence-electron chi connectivity index (χ4n) is 3.93. The summed E-state index contributed by atoms with van der Waals surface area (Å²) < 4.78 is 1.87. The van der Waals surface area contributed by atoms with Gasteiger partial charge in [-0.2, -0.15) is 5.10 Å². The second-order valence-electron chi connectivity index (χ2n) is 6.68. The first-order valence-electron chi connectivity index (χ1n) is 8.00. The lowest BCUT2D eigenvalue weighted by Gasteiger charge is -2.38. The van der Waals surface area contributed by atoms with Crippen molar-refractivity contribution in [2.24, 2.45) is 12.5 Å². The fourth-order valence-corrected chi connectivity index (χ4v) is 3.93. The van der Waals surface area contributed by atoms with Gasteiger partial charge in [-0.05, 0) is 31.5 Å². The van der Waals surface area contributed by atoms with Gasteiger partial charge in [0.05, 0.1) is 11.8 Å². The van der Waals surface area contributed by atoms with E-state index in [1.807, 2.05) is 11.7 Å². The van der Waals surface area contributed by atoms with Gasteiger partial charge in [-0.15, -0.1) is 0 Å². The van der Waals surface area contributed by atoms with Crippen LogP contribution in [0.25, 0.3) is 0 Å². The van der Waals surface area contributed by atoms with Gasteiger partial charge in [0.25, 0.3) is 0 Å². The van der Waals surface area contributed by atoms with E-state index in [0.717, 1.165) is 50.2 Å². The normalized spacial score (nSPS) is 20.5. The Balaban J connectivity index is 1.45. The lowest BCUT2D eigenvalue weighted by atomic mass is 9.75. The molecule has 4 rings (SSSR count). The van der Waals surface area contributed by atoms with Crippen LogP contribution in [0.5, 0.6) is 0 Å². The Morgan fingerprint density at radius 3 is 2.59 bits per heavy atom. The molecule has 0 atom stereocenters. The molecule has 1 aromatic carbocycles. The van der Waals surface area contributed by atoms with E-state index in [1.165, 1.54) is 5.56 Å². The number of nitrogens with zero attached hydrogens (tertiary/aromatic N) is 3. The van der Waals surface area contributed by atoms with Crippen LogP contribution in [0.2, 0.25) is 0 Å². The molecule has 1 fully saturated rings. The molecule has 2 heterocycles. The minimum absolute atomic E-state index is 0.154. The molecule has 1 aromatic heterocycles. The molecule has 4 heteroatoms. The SMILES string of the molecule is Cn1ncc2c1CC1(CCN(Cc3ccccc3)CC1)C2=O. The number of carbonyl (C=O) groups excluding carboxylic acids is 1. The first kappa shape index (κ1) is 13.7. The fraction of sp³-hybridized carbons (Fsp3) is 0.444. The molecule has 22 heavy (non-hydrogen) atoms. The number of fused-ring (bicyclic) bond motifs is 1. The standard InChI is InChI=1S/C18H21N3O/c1-20-16-11-18(17(22)15(16)12-19-20)7-9-21(10-8-18)13-14-5-3-2-4-6-14/h2-6,12H,7-11,13H2,1H3. The van der Waals surface area contributed by atoms with E-state index in [1.54, 1.807) is 6.20 Å². The van der Waals surface area contributed by atoms with E-state index in [9.17, 15) is 4.79 Å². The molecule has 2 aromatic rings. The number of hydrogen-bond donors (Lipinski definition) is 0. The van der Waals surface area contributed by atoms with Crippen molar-refractivity contribution >= 4 is 5.78 Å². The van der Waals surface area contributed by atoms with Crippen molar-refractivity contribution in [1.82, 2.24) is 14.7 Å². The first-order valence-corrected chi connectivity index (χ1v) is 8.00. The summed E-state index contributed by atoms with van der Waals surface area (Å²) in [7, 11) is 1.94. The number of benzene rings is 1. The number of likely N-dealkylation sites (tertiary alicyclic amines) is 1. The second-order valence-corrected chi connectivity index (χ2v) is 6.68. The van der Waals surface area contributed by atoms with Crippen molar-refractivity contribution in [2.75, 3.05) is 13.1 Å². The minimum atomic E-state index is -0.154. The highest BCUT2D eigenvalue weighted by atomic mass is 16.1. The molecule has 0 N–H and O–H groups in total. The van der Waals surface area contributed by atoms with Gasteiger partial charge < -0.3 is 0 Å². The van der Waals surface area contributed by atoms with Crippen LogP contribution >= 0.6 is 0 Å². The topological polar surface area (TPSA) is 38.1 Å². The molecule has 1 saturated heterocycles. The summed E-state index contributed by atoms with van der Waals surface area (Å²) in [6.07, 6.45) is 4.56. The molecule has 2 aliphatic rings. The molecule has 1 aliphatic heterocycles. The number of ketones is 1. The largest absolute Gasteiger partial charge is 0.299 e. The first-order chi connectivity index (χ1) is 10.7. The Bertz CT molecular complexity index is 696. The highest BCUT2D eigenvalue weighted by Crippen LogP contribution is 2.44. The van der Waals surface area contributed by atoms with E-state index in [0.29, 0.717) is 5.78 Å². The molecule has 1 spiro atoms. The summed E-state index contributed by atoms with van der Waals surface area (Å²) in [6, 6.07) is 10.6. The van der Waals surface area contributed by atoms with Crippen LogP contribution < -0.4 is 0 Å². The third-order valence-electron chi connectivity index (χ3n) is 5.36. The van der Waals surface area contributed by atoms with Crippen molar-refractivity contribution in [2.45, 2.75) is 25.8 Å². The number of carbonyl (C=O) groups is 1. The Morgan fingerprint density at radius 2 is 1.91 bits per heavy atom. The van der Waals surface area contributed by atoms with E-state index >= 15 is 0 Å². The van der Waals surface area contributed by atoms with Crippen molar-refractivity contribution in [3.63, 3.8) is 0 Å². The molecule has 0 radical (unpaired) electrons. The number of aromatic nitrogens is 2. The maximum atomic E-state index is 12.8. The molecule has 0 bridgehead atoms. The lowest BCUT2D eigenvalue weighted by Crippen LogP contribution is -2.43. The van der Waals surface area contributed by atoms with Gasteiger partial charge in [-0.25, -0.2) is 0 Å². The van der Waals surface area contributed by atoms with E-state index in [-0.39, 0.29) is 5.41 Å². The smallest absolute Gasteiger partial charge is 0.172 e. The number of rotatable bonds is 2. The van der Waals surface area contributed by atoms with Gasteiger partial charge in [0.2, 0.25) is 0 Å². The zero-order valence-corrected chi connectivity index (χ0v) is 13.0. The quantitative estimate of drug-likeness (QED) is 0.854. The molecule has 114 valence electrons. The number of aryl methyl sites for hydroxylation is 1. The van der Waals surface area contributed by atoms with Crippen LogP contribution in [-0.2, 0) is 20.0 Å². The third-order valence-corrected chi connectivity index (χ3v) is 5.36. The highest BCUT2D eigenvalue weighted by molar-refractivity contribution is 6.04. The minimum Gasteiger partial charge on any atom is -0.299 e. The van der Waals surface area contributed by atoms with Gasteiger partial charge >= 0.3 is 0 Å². The van der Waals surface area contributed by atoms with Crippen molar-refractivity contribution in [3.05, 3.63) is 53.3 Å². The van der Waals surface area contributed by atoms with Crippen molar-refractivity contribution < 1.29 is 4.79 Å². The molecular weight excluding hydrogens is 274 g/mol. The molecule has 0 unspecified atom stereocenters. The van der Waals surface area contributed by atoms with Crippen LogP contribution in [0.3, 0.4) is 0 Å². The van der Waals surface area contributed by atoms with Crippen LogP contribution in [0.15, 0.2) is 36.5 Å². The summed E-state index contributed by atoms with van der Waals surface area (Å²) in [6.45, 7) is 2.99. The third kappa shape index (κ3) is 2.10. The Hall–Kier alpha value is -1.94. The molecular formula is C18H21N3O. The number of hydrogen-bond acceptors (Lipinski definition) is 3. The van der Waals surface area contributed by atoms with Crippen LogP contribution in [-0.4, -0.2) is 33.6 Å².